The maximum Gasteiger partial charge on any atom is 0.338 e. The number of esters is 1. The molecule has 136 valence electrons. The van der Waals surface area contributed by atoms with E-state index in [4.69, 9.17) is 14.2 Å². The van der Waals surface area contributed by atoms with Gasteiger partial charge in [0.05, 0.1) is 24.5 Å². The minimum atomic E-state index is -0.589. The van der Waals surface area contributed by atoms with E-state index < -0.39 is 11.9 Å². The lowest BCUT2D eigenvalue weighted by Crippen LogP contribution is -2.21. The summed E-state index contributed by atoms with van der Waals surface area (Å²) >= 11 is 1.53. The molecule has 0 aliphatic carbocycles. The first-order chi connectivity index (χ1) is 12.7. The minimum Gasteiger partial charge on any atom is -0.490 e. The van der Waals surface area contributed by atoms with Crippen LogP contribution in [0.3, 0.4) is 0 Å². The molecule has 0 atom stereocenters. The molecule has 1 amide bonds. The number of anilines is 1. The number of nitrogens with one attached hydrogen (secondary N) is 1. The van der Waals surface area contributed by atoms with Crippen LogP contribution in [-0.4, -0.2) is 38.0 Å². The van der Waals surface area contributed by atoms with Gasteiger partial charge in [-0.2, -0.15) is 0 Å². The first kappa shape index (κ1) is 18.1. The Morgan fingerprint density at radius 2 is 1.88 bits per heavy atom. The lowest BCUT2D eigenvalue weighted by molar-refractivity contribution is -0.119. The minimum absolute atomic E-state index is 0.312. The number of ether oxygens (including phenoxy) is 3. The van der Waals surface area contributed by atoms with Gasteiger partial charge in [0, 0.05) is 11.3 Å². The third kappa shape index (κ3) is 4.49. The maximum atomic E-state index is 12.2. The second-order valence-electron chi connectivity index (χ2n) is 5.54. The molecule has 0 fully saturated rings. The van der Waals surface area contributed by atoms with Gasteiger partial charge in [0.2, 0.25) is 0 Å². The fraction of sp³-hybridized carbons (Fsp3) is 0.263. The van der Waals surface area contributed by atoms with Crippen molar-refractivity contribution in [1.82, 2.24) is 0 Å². The average molecular weight is 373 g/mol. The Morgan fingerprint density at radius 3 is 2.69 bits per heavy atom. The molecule has 2 aromatic rings. The van der Waals surface area contributed by atoms with Gasteiger partial charge in [0.15, 0.2) is 18.1 Å². The number of benzene rings is 2. The molecule has 1 aliphatic rings. The van der Waals surface area contributed by atoms with Gasteiger partial charge in [-0.15, -0.1) is 11.8 Å². The van der Waals surface area contributed by atoms with Crippen molar-refractivity contribution in [3.8, 4) is 11.5 Å². The van der Waals surface area contributed by atoms with Crippen LogP contribution in [0.5, 0.6) is 11.5 Å². The van der Waals surface area contributed by atoms with Gasteiger partial charge >= 0.3 is 5.97 Å². The van der Waals surface area contributed by atoms with Gasteiger partial charge in [0.1, 0.15) is 0 Å². The maximum absolute atomic E-state index is 12.2. The topological polar surface area (TPSA) is 73.9 Å². The van der Waals surface area contributed by atoms with E-state index in [1.54, 1.807) is 24.3 Å². The van der Waals surface area contributed by atoms with Crippen LogP contribution in [0.25, 0.3) is 0 Å². The number of amides is 1. The SMILES string of the molecule is CSc1ccccc1NC(=O)COC(=O)c1ccc2c(c1)OCCCO2. The van der Waals surface area contributed by atoms with Crippen LogP contribution in [-0.2, 0) is 9.53 Å². The van der Waals surface area contributed by atoms with Gasteiger partial charge in [-0.1, -0.05) is 12.1 Å². The van der Waals surface area contributed by atoms with Crippen molar-refractivity contribution in [3.05, 3.63) is 48.0 Å². The third-order valence-corrected chi connectivity index (χ3v) is 4.49. The van der Waals surface area contributed by atoms with E-state index >= 15 is 0 Å². The highest BCUT2D eigenvalue weighted by Crippen LogP contribution is 2.30. The van der Waals surface area contributed by atoms with Crippen molar-refractivity contribution in [1.29, 1.82) is 0 Å². The quantitative estimate of drug-likeness (QED) is 0.640. The normalized spacial score (nSPS) is 12.8. The molecular weight excluding hydrogens is 354 g/mol. The average Bonchev–Trinajstić information content (AvgIpc) is 2.91. The van der Waals surface area contributed by atoms with Gasteiger partial charge in [-0.05, 0) is 36.6 Å². The molecule has 0 saturated carbocycles. The highest BCUT2D eigenvalue weighted by Gasteiger charge is 2.16. The van der Waals surface area contributed by atoms with Crippen LogP contribution in [0.1, 0.15) is 16.8 Å². The lowest BCUT2D eigenvalue weighted by atomic mass is 10.2. The zero-order valence-electron chi connectivity index (χ0n) is 14.3. The molecule has 0 radical (unpaired) electrons. The fourth-order valence-electron chi connectivity index (χ4n) is 2.44. The molecule has 0 unspecified atom stereocenters. The Hall–Kier alpha value is -2.67. The van der Waals surface area contributed by atoms with Crippen molar-refractivity contribution in [2.24, 2.45) is 0 Å². The number of carbonyl (C=O) groups is 2. The highest BCUT2D eigenvalue weighted by atomic mass is 32.2. The van der Waals surface area contributed by atoms with Crippen LogP contribution in [0.4, 0.5) is 5.69 Å². The summed E-state index contributed by atoms with van der Waals surface area (Å²) < 4.78 is 16.2. The third-order valence-electron chi connectivity index (χ3n) is 3.70. The summed E-state index contributed by atoms with van der Waals surface area (Å²) in [5.41, 5.74) is 1.00. The molecule has 1 aliphatic heterocycles. The van der Waals surface area contributed by atoms with Crippen molar-refractivity contribution in [2.75, 3.05) is 31.4 Å². The monoisotopic (exact) mass is 373 g/mol. The lowest BCUT2D eigenvalue weighted by Gasteiger charge is -2.11. The summed E-state index contributed by atoms with van der Waals surface area (Å²) in [6, 6.07) is 12.3. The Morgan fingerprint density at radius 1 is 1.12 bits per heavy atom. The number of rotatable bonds is 5. The predicted octanol–water partition coefficient (Wildman–Crippen LogP) is 3.37. The van der Waals surface area contributed by atoms with E-state index in [2.05, 4.69) is 5.32 Å². The second kappa shape index (κ2) is 8.62. The van der Waals surface area contributed by atoms with Crippen LogP contribution in [0.2, 0.25) is 0 Å². The zero-order valence-corrected chi connectivity index (χ0v) is 15.1. The molecule has 2 aromatic carbocycles. The van der Waals surface area contributed by atoms with E-state index in [0.717, 1.165) is 11.3 Å². The van der Waals surface area contributed by atoms with Crippen LogP contribution < -0.4 is 14.8 Å². The Labute approximate surface area is 155 Å². The number of fused-ring (bicyclic) bond motifs is 1. The van der Waals surface area contributed by atoms with Crippen LogP contribution >= 0.6 is 11.8 Å². The summed E-state index contributed by atoms with van der Waals surface area (Å²) in [5.74, 6) is 0.129. The van der Waals surface area contributed by atoms with Gasteiger partial charge in [-0.3, -0.25) is 4.79 Å². The molecule has 0 saturated heterocycles. The molecule has 1 N–H and O–H groups in total. The largest absolute Gasteiger partial charge is 0.490 e. The number of carbonyl (C=O) groups excluding carboxylic acids is 2. The number of hydrogen-bond donors (Lipinski definition) is 1. The fourth-order valence-corrected chi connectivity index (χ4v) is 2.99. The molecular formula is C19H19NO5S. The summed E-state index contributed by atoms with van der Waals surface area (Å²) in [6.07, 6.45) is 2.71. The van der Waals surface area contributed by atoms with E-state index in [-0.39, 0.29) is 6.61 Å². The van der Waals surface area contributed by atoms with Crippen LogP contribution in [0.15, 0.2) is 47.4 Å². The number of thioether (sulfide) groups is 1. The van der Waals surface area contributed by atoms with Gasteiger partial charge in [-0.25, -0.2) is 4.79 Å². The molecule has 26 heavy (non-hydrogen) atoms. The molecule has 3 rings (SSSR count). The summed E-state index contributed by atoms with van der Waals surface area (Å²) in [4.78, 5) is 25.2. The van der Waals surface area contributed by atoms with Crippen molar-refractivity contribution >= 4 is 29.3 Å². The van der Waals surface area contributed by atoms with Gasteiger partial charge < -0.3 is 19.5 Å². The van der Waals surface area contributed by atoms with E-state index in [9.17, 15) is 9.59 Å². The molecule has 0 bridgehead atoms. The predicted molar refractivity (Wildman–Crippen MR) is 99.2 cm³/mol. The van der Waals surface area contributed by atoms with E-state index in [0.29, 0.717) is 36.0 Å². The van der Waals surface area contributed by atoms with Crippen LogP contribution in [0, 0.1) is 0 Å². The van der Waals surface area contributed by atoms with E-state index in [1.807, 2.05) is 24.5 Å². The van der Waals surface area contributed by atoms with Crippen molar-refractivity contribution in [3.63, 3.8) is 0 Å². The van der Waals surface area contributed by atoms with E-state index in [1.165, 1.54) is 11.8 Å². The Kier molecular flexibility index (Phi) is 6.01. The second-order valence-corrected chi connectivity index (χ2v) is 6.38. The Balaban J connectivity index is 1.58. The highest BCUT2D eigenvalue weighted by molar-refractivity contribution is 7.98. The summed E-state index contributed by atoms with van der Waals surface area (Å²) in [6.45, 7) is 0.743. The van der Waals surface area contributed by atoms with Gasteiger partial charge in [0.25, 0.3) is 5.91 Å². The standard InChI is InChI=1S/C19H19NO5S/c1-26-17-6-3-2-5-14(17)20-18(21)12-25-19(22)13-7-8-15-16(11-13)24-10-4-9-23-15/h2-3,5-8,11H,4,9-10,12H2,1H3,(H,20,21). The number of hydrogen-bond acceptors (Lipinski definition) is 6. The molecule has 0 spiro atoms. The first-order valence-electron chi connectivity index (χ1n) is 8.17. The molecule has 7 heteroatoms. The number of para-hydroxylation sites is 1. The molecule has 1 heterocycles. The van der Waals surface area contributed by atoms with Crippen molar-refractivity contribution in [2.45, 2.75) is 11.3 Å². The molecule has 6 nitrogen and oxygen atoms in total. The molecule has 0 aromatic heterocycles. The summed E-state index contributed by atoms with van der Waals surface area (Å²) in [7, 11) is 0. The van der Waals surface area contributed by atoms with Crippen molar-refractivity contribution < 1.29 is 23.8 Å². The first-order valence-corrected chi connectivity index (χ1v) is 9.39. The smallest absolute Gasteiger partial charge is 0.338 e. The summed E-state index contributed by atoms with van der Waals surface area (Å²) in [5, 5.41) is 2.74. The zero-order chi connectivity index (χ0) is 18.4. The Bertz CT molecular complexity index is 808.